The Kier molecular flexibility index (Phi) is 8.19. The summed E-state index contributed by atoms with van der Waals surface area (Å²) in [5.41, 5.74) is 0. The lowest BCUT2D eigenvalue weighted by Crippen LogP contribution is -2.27. The van der Waals surface area contributed by atoms with Crippen LogP contribution in [0.25, 0.3) is 0 Å². The molecule has 0 aliphatic heterocycles. The molecule has 1 nitrogen and oxygen atoms in total. The lowest BCUT2D eigenvalue weighted by molar-refractivity contribution is 0.577. The normalized spacial score (nSPS) is 12.9. The van der Waals surface area contributed by atoms with Gasteiger partial charge in [0.1, 0.15) is 0 Å². The summed E-state index contributed by atoms with van der Waals surface area (Å²) < 4.78 is 0. The Morgan fingerprint density at radius 2 is 2.36 bits per heavy atom. The molecule has 1 unspecified atom stereocenters. The first-order valence-corrected chi connectivity index (χ1v) is 5.38. The fraction of sp³-hybridized carbons (Fsp3) is 0.778. The lowest BCUT2D eigenvalue weighted by atomic mass is 10.2. The van der Waals surface area contributed by atoms with Gasteiger partial charge < -0.3 is 5.32 Å². The predicted molar refractivity (Wildman–Crippen MR) is 55.3 cm³/mol. The van der Waals surface area contributed by atoms with E-state index < -0.39 is 0 Å². The molecule has 0 aliphatic rings. The van der Waals surface area contributed by atoms with Gasteiger partial charge in [0, 0.05) is 18.3 Å². The van der Waals surface area contributed by atoms with Gasteiger partial charge in [-0.3, -0.25) is 0 Å². The van der Waals surface area contributed by atoms with E-state index in [2.05, 4.69) is 25.7 Å². The van der Waals surface area contributed by atoms with E-state index in [1.807, 2.05) is 17.8 Å². The number of nitrogens with one attached hydrogen (secondary N) is 1. The van der Waals surface area contributed by atoms with Gasteiger partial charge in [-0.05, 0) is 19.1 Å². The summed E-state index contributed by atoms with van der Waals surface area (Å²) in [6.45, 7) is 9.20. The second kappa shape index (κ2) is 8.15. The van der Waals surface area contributed by atoms with Gasteiger partial charge in [0.2, 0.25) is 0 Å². The van der Waals surface area contributed by atoms with Crippen molar-refractivity contribution in [2.75, 3.05) is 18.1 Å². The molecule has 0 amide bonds. The molecule has 0 saturated carbocycles. The van der Waals surface area contributed by atoms with Crippen molar-refractivity contribution < 1.29 is 0 Å². The molecule has 0 aromatic carbocycles. The fourth-order valence-electron chi connectivity index (χ4n) is 0.855. The molecule has 0 rings (SSSR count). The first kappa shape index (κ1) is 11.1. The number of rotatable bonds is 7. The van der Waals surface area contributed by atoms with E-state index in [0.29, 0.717) is 6.04 Å². The standard InChI is InChI=1S/C9H19NS/c1-4-6-9(3)10-7-8-11-5-2/h4,9-10H,1,5-8H2,2-3H3. The van der Waals surface area contributed by atoms with E-state index in [-0.39, 0.29) is 0 Å². The van der Waals surface area contributed by atoms with Gasteiger partial charge in [-0.15, -0.1) is 6.58 Å². The first-order chi connectivity index (χ1) is 5.31. The minimum atomic E-state index is 0.588. The van der Waals surface area contributed by atoms with Gasteiger partial charge in [-0.1, -0.05) is 13.0 Å². The third-order valence-electron chi connectivity index (χ3n) is 1.46. The molecule has 1 N–H and O–H groups in total. The van der Waals surface area contributed by atoms with Crippen LogP contribution in [0.3, 0.4) is 0 Å². The third-order valence-corrected chi connectivity index (χ3v) is 2.36. The van der Waals surface area contributed by atoms with E-state index in [0.717, 1.165) is 13.0 Å². The van der Waals surface area contributed by atoms with E-state index in [9.17, 15) is 0 Å². The molecule has 66 valence electrons. The quantitative estimate of drug-likeness (QED) is 0.468. The van der Waals surface area contributed by atoms with Crippen molar-refractivity contribution in [1.82, 2.24) is 5.32 Å². The zero-order chi connectivity index (χ0) is 8.53. The summed E-state index contributed by atoms with van der Waals surface area (Å²) in [5.74, 6) is 2.44. The van der Waals surface area contributed by atoms with Crippen LogP contribution < -0.4 is 5.32 Å². The summed E-state index contributed by atoms with van der Waals surface area (Å²) in [4.78, 5) is 0. The molecular formula is C9H19NS. The molecule has 0 heterocycles. The molecule has 0 spiro atoms. The topological polar surface area (TPSA) is 12.0 Å². The maximum Gasteiger partial charge on any atom is 0.00734 e. The summed E-state index contributed by atoms with van der Waals surface area (Å²) in [6, 6.07) is 0.588. The van der Waals surface area contributed by atoms with Crippen molar-refractivity contribution in [2.24, 2.45) is 0 Å². The summed E-state index contributed by atoms with van der Waals surface area (Å²) >= 11 is 1.98. The smallest absolute Gasteiger partial charge is 0.00734 e. The van der Waals surface area contributed by atoms with Crippen LogP contribution in [0.15, 0.2) is 12.7 Å². The summed E-state index contributed by atoms with van der Waals surface area (Å²) in [5, 5.41) is 3.43. The van der Waals surface area contributed by atoms with Crippen LogP contribution in [0.5, 0.6) is 0 Å². The van der Waals surface area contributed by atoms with Crippen molar-refractivity contribution in [3.8, 4) is 0 Å². The molecule has 1 atom stereocenters. The zero-order valence-electron chi connectivity index (χ0n) is 7.60. The van der Waals surface area contributed by atoms with E-state index in [1.165, 1.54) is 11.5 Å². The monoisotopic (exact) mass is 173 g/mol. The Morgan fingerprint density at radius 1 is 1.64 bits per heavy atom. The molecule has 0 bridgehead atoms. The van der Waals surface area contributed by atoms with Gasteiger partial charge in [0.15, 0.2) is 0 Å². The second-order valence-corrected chi connectivity index (χ2v) is 3.97. The maximum absolute atomic E-state index is 3.70. The van der Waals surface area contributed by atoms with Gasteiger partial charge in [-0.2, -0.15) is 11.8 Å². The average Bonchev–Trinajstić information content (AvgIpc) is 1.99. The van der Waals surface area contributed by atoms with Gasteiger partial charge in [-0.25, -0.2) is 0 Å². The second-order valence-electron chi connectivity index (χ2n) is 2.58. The van der Waals surface area contributed by atoms with E-state index in [1.54, 1.807) is 0 Å². The van der Waals surface area contributed by atoms with Crippen molar-refractivity contribution >= 4 is 11.8 Å². The highest BCUT2D eigenvalue weighted by atomic mass is 32.2. The Labute approximate surface area is 74.6 Å². The minimum absolute atomic E-state index is 0.588. The number of thioether (sulfide) groups is 1. The van der Waals surface area contributed by atoms with E-state index in [4.69, 9.17) is 0 Å². The molecule has 0 saturated heterocycles. The molecule has 0 aromatic rings. The number of hydrogen-bond acceptors (Lipinski definition) is 2. The van der Waals surface area contributed by atoms with Crippen molar-refractivity contribution in [3.63, 3.8) is 0 Å². The lowest BCUT2D eigenvalue weighted by Gasteiger charge is -2.10. The van der Waals surface area contributed by atoms with Crippen molar-refractivity contribution in [2.45, 2.75) is 26.3 Å². The van der Waals surface area contributed by atoms with Crippen LogP contribution in [-0.4, -0.2) is 24.1 Å². The third kappa shape index (κ3) is 7.95. The molecule has 0 aromatic heterocycles. The predicted octanol–water partition coefficient (Wildman–Crippen LogP) is 2.29. The van der Waals surface area contributed by atoms with Crippen molar-refractivity contribution in [3.05, 3.63) is 12.7 Å². The Morgan fingerprint density at radius 3 is 2.91 bits per heavy atom. The van der Waals surface area contributed by atoms with Crippen LogP contribution in [0, 0.1) is 0 Å². The van der Waals surface area contributed by atoms with Crippen molar-refractivity contribution in [1.29, 1.82) is 0 Å². The SMILES string of the molecule is C=CCC(C)NCCSCC. The Hall–Kier alpha value is 0.0500. The molecule has 0 aliphatic carbocycles. The highest BCUT2D eigenvalue weighted by molar-refractivity contribution is 7.99. The van der Waals surface area contributed by atoms with Crippen LogP contribution in [0.4, 0.5) is 0 Å². The van der Waals surface area contributed by atoms with Crippen LogP contribution in [-0.2, 0) is 0 Å². The number of hydrogen-bond donors (Lipinski definition) is 1. The minimum Gasteiger partial charge on any atom is -0.313 e. The highest BCUT2D eigenvalue weighted by Crippen LogP contribution is 1.96. The zero-order valence-corrected chi connectivity index (χ0v) is 8.41. The van der Waals surface area contributed by atoms with Gasteiger partial charge in [0.05, 0.1) is 0 Å². The van der Waals surface area contributed by atoms with Crippen LogP contribution in [0.1, 0.15) is 20.3 Å². The average molecular weight is 173 g/mol. The van der Waals surface area contributed by atoms with Crippen LogP contribution >= 0.6 is 11.8 Å². The summed E-state index contributed by atoms with van der Waals surface area (Å²) in [7, 11) is 0. The largest absolute Gasteiger partial charge is 0.313 e. The molecule has 0 fully saturated rings. The van der Waals surface area contributed by atoms with Gasteiger partial charge >= 0.3 is 0 Å². The molecule has 2 heteroatoms. The fourth-order valence-corrected chi connectivity index (χ4v) is 1.41. The Bertz CT molecular complexity index is 93.6. The molecule has 0 radical (unpaired) electrons. The van der Waals surface area contributed by atoms with Crippen LogP contribution in [0.2, 0.25) is 0 Å². The molecular weight excluding hydrogens is 154 g/mol. The Balaban J connectivity index is 3.03. The summed E-state index contributed by atoms with van der Waals surface area (Å²) in [6.07, 6.45) is 3.03. The van der Waals surface area contributed by atoms with Gasteiger partial charge in [0.25, 0.3) is 0 Å². The first-order valence-electron chi connectivity index (χ1n) is 4.23. The maximum atomic E-state index is 3.70. The van der Waals surface area contributed by atoms with E-state index >= 15 is 0 Å². The molecule has 11 heavy (non-hydrogen) atoms. The highest BCUT2D eigenvalue weighted by Gasteiger charge is 1.95.